The van der Waals surface area contributed by atoms with Crippen LogP contribution >= 0.6 is 0 Å². The van der Waals surface area contributed by atoms with E-state index in [2.05, 4.69) is 10.6 Å². The minimum Gasteiger partial charge on any atom is -0.479 e. The van der Waals surface area contributed by atoms with Gasteiger partial charge in [-0.05, 0) is 63.4 Å². The van der Waals surface area contributed by atoms with Gasteiger partial charge in [0.2, 0.25) is 15.9 Å². The Hall–Kier alpha value is -2.91. The maximum atomic E-state index is 13.3. The molecule has 1 saturated heterocycles. The van der Waals surface area contributed by atoms with Crippen LogP contribution in [0.3, 0.4) is 0 Å². The SMILES string of the molecule is Cc1ccc(NC(=O)[C@H]2CCCN2S(=O)(=O)c2ccc3c(c2)NC(=O)[C@H](C)O3)c(C)c1. The highest BCUT2D eigenvalue weighted by atomic mass is 32.2. The summed E-state index contributed by atoms with van der Waals surface area (Å²) in [5.41, 5.74) is 2.97. The number of fused-ring (bicyclic) bond motifs is 1. The first-order valence-electron chi connectivity index (χ1n) is 10.2. The van der Waals surface area contributed by atoms with Crippen LogP contribution < -0.4 is 15.4 Å². The number of anilines is 2. The minimum absolute atomic E-state index is 0.0101. The molecule has 2 aromatic carbocycles. The van der Waals surface area contributed by atoms with Crippen molar-refractivity contribution in [2.24, 2.45) is 0 Å². The fraction of sp³-hybridized carbons (Fsp3) is 0.364. The van der Waals surface area contributed by atoms with Crippen LogP contribution in [-0.2, 0) is 19.6 Å². The van der Waals surface area contributed by atoms with Crippen LogP contribution in [0.4, 0.5) is 11.4 Å². The maximum absolute atomic E-state index is 13.3. The van der Waals surface area contributed by atoms with Gasteiger partial charge in [0.15, 0.2) is 6.10 Å². The predicted octanol–water partition coefficient (Wildman–Crippen LogP) is 2.81. The van der Waals surface area contributed by atoms with Gasteiger partial charge in [-0.25, -0.2) is 8.42 Å². The highest BCUT2D eigenvalue weighted by molar-refractivity contribution is 7.89. The number of sulfonamides is 1. The Kier molecular flexibility index (Phi) is 5.49. The van der Waals surface area contributed by atoms with Crippen molar-refractivity contribution < 1.29 is 22.7 Å². The topological polar surface area (TPSA) is 105 Å². The number of hydrogen-bond donors (Lipinski definition) is 2. The van der Waals surface area contributed by atoms with Gasteiger partial charge in [-0.2, -0.15) is 4.31 Å². The lowest BCUT2D eigenvalue weighted by Gasteiger charge is -2.26. The van der Waals surface area contributed by atoms with Crippen molar-refractivity contribution in [1.82, 2.24) is 4.31 Å². The lowest BCUT2D eigenvalue weighted by atomic mass is 10.1. The molecule has 164 valence electrons. The first-order chi connectivity index (χ1) is 14.7. The quantitative estimate of drug-likeness (QED) is 0.756. The molecular formula is C22H25N3O5S. The average Bonchev–Trinajstić information content (AvgIpc) is 3.21. The molecule has 0 saturated carbocycles. The zero-order valence-electron chi connectivity index (χ0n) is 17.6. The number of nitrogens with zero attached hydrogens (tertiary/aromatic N) is 1. The molecule has 8 nitrogen and oxygen atoms in total. The number of carbonyl (C=O) groups is 2. The smallest absolute Gasteiger partial charge is 0.265 e. The molecule has 2 amide bonds. The van der Waals surface area contributed by atoms with E-state index in [1.807, 2.05) is 32.0 Å². The molecule has 0 aromatic heterocycles. The van der Waals surface area contributed by atoms with Gasteiger partial charge in [0.05, 0.1) is 10.6 Å². The van der Waals surface area contributed by atoms with E-state index >= 15 is 0 Å². The summed E-state index contributed by atoms with van der Waals surface area (Å²) in [6, 6.07) is 9.23. The molecule has 2 heterocycles. The van der Waals surface area contributed by atoms with E-state index in [1.165, 1.54) is 22.5 Å². The number of aryl methyl sites for hydroxylation is 2. The molecule has 2 aliphatic heterocycles. The molecule has 31 heavy (non-hydrogen) atoms. The third-order valence-corrected chi connectivity index (χ3v) is 7.54. The summed E-state index contributed by atoms with van der Waals surface area (Å²) >= 11 is 0. The Morgan fingerprint density at radius 1 is 1.19 bits per heavy atom. The molecule has 2 N–H and O–H groups in total. The number of hydrogen-bond acceptors (Lipinski definition) is 5. The minimum atomic E-state index is -3.94. The third-order valence-electron chi connectivity index (χ3n) is 5.63. The van der Waals surface area contributed by atoms with Crippen LogP contribution in [0, 0.1) is 13.8 Å². The maximum Gasteiger partial charge on any atom is 0.265 e. The number of nitrogens with one attached hydrogen (secondary N) is 2. The molecule has 2 aliphatic rings. The second-order valence-corrected chi connectivity index (χ2v) is 9.88. The van der Waals surface area contributed by atoms with E-state index < -0.39 is 22.2 Å². The zero-order valence-corrected chi connectivity index (χ0v) is 18.5. The monoisotopic (exact) mass is 443 g/mol. The first kappa shape index (κ1) is 21.3. The number of amides is 2. The molecule has 0 radical (unpaired) electrons. The molecule has 2 atom stereocenters. The Morgan fingerprint density at radius 3 is 2.71 bits per heavy atom. The van der Waals surface area contributed by atoms with E-state index in [0.29, 0.717) is 30.0 Å². The van der Waals surface area contributed by atoms with Gasteiger partial charge in [0.1, 0.15) is 11.8 Å². The Morgan fingerprint density at radius 2 is 1.97 bits per heavy atom. The van der Waals surface area contributed by atoms with Gasteiger partial charge >= 0.3 is 0 Å². The Labute approximate surface area is 181 Å². The second kappa shape index (κ2) is 7.97. The highest BCUT2D eigenvalue weighted by Crippen LogP contribution is 2.34. The van der Waals surface area contributed by atoms with Gasteiger partial charge in [0.25, 0.3) is 5.91 Å². The van der Waals surface area contributed by atoms with Crippen LogP contribution in [0.5, 0.6) is 5.75 Å². The van der Waals surface area contributed by atoms with Crippen molar-refractivity contribution in [3.63, 3.8) is 0 Å². The van der Waals surface area contributed by atoms with Crippen molar-refractivity contribution in [2.75, 3.05) is 17.2 Å². The van der Waals surface area contributed by atoms with E-state index in [9.17, 15) is 18.0 Å². The number of ether oxygens (including phenoxy) is 1. The lowest BCUT2D eigenvalue weighted by molar-refractivity contribution is -0.122. The lowest BCUT2D eigenvalue weighted by Crippen LogP contribution is -2.43. The second-order valence-electron chi connectivity index (χ2n) is 7.99. The summed E-state index contributed by atoms with van der Waals surface area (Å²) in [6.45, 7) is 5.74. The molecule has 0 unspecified atom stereocenters. The van der Waals surface area contributed by atoms with Gasteiger partial charge in [-0.3, -0.25) is 9.59 Å². The first-order valence-corrected chi connectivity index (χ1v) is 11.6. The fourth-order valence-electron chi connectivity index (χ4n) is 3.94. The van der Waals surface area contributed by atoms with Crippen LogP contribution in [0.1, 0.15) is 30.9 Å². The Balaban J connectivity index is 1.58. The van der Waals surface area contributed by atoms with Crippen molar-refractivity contribution in [1.29, 1.82) is 0 Å². The van der Waals surface area contributed by atoms with Crippen molar-refractivity contribution in [3.8, 4) is 5.75 Å². The van der Waals surface area contributed by atoms with Crippen LogP contribution in [0.25, 0.3) is 0 Å². The number of benzene rings is 2. The summed E-state index contributed by atoms with van der Waals surface area (Å²) in [6.07, 6.45) is 0.386. The van der Waals surface area contributed by atoms with Gasteiger partial charge in [-0.15, -0.1) is 0 Å². The Bertz CT molecular complexity index is 1160. The standard InChI is InChI=1S/C22H25N3O5S/c1-13-6-8-17(14(2)11-13)23-22(27)19-5-4-10-25(19)31(28,29)16-7-9-20-18(12-16)24-21(26)15(3)30-20/h6-9,11-12,15,19H,4-5,10H2,1-3H3,(H,23,27)(H,24,26)/t15-,19+/m0/s1. The normalized spacial score (nSPS) is 21.2. The summed E-state index contributed by atoms with van der Waals surface area (Å²) < 4.78 is 33.4. The molecule has 0 bridgehead atoms. The molecule has 2 aromatic rings. The average molecular weight is 444 g/mol. The fourth-order valence-corrected chi connectivity index (χ4v) is 5.63. The van der Waals surface area contributed by atoms with Crippen LogP contribution in [0.2, 0.25) is 0 Å². The highest BCUT2D eigenvalue weighted by Gasteiger charge is 2.40. The van der Waals surface area contributed by atoms with Crippen molar-refractivity contribution >= 4 is 33.2 Å². The van der Waals surface area contributed by atoms with Gasteiger partial charge in [-0.1, -0.05) is 17.7 Å². The van der Waals surface area contributed by atoms with Crippen LogP contribution in [0.15, 0.2) is 41.3 Å². The largest absolute Gasteiger partial charge is 0.479 e. The van der Waals surface area contributed by atoms with Crippen LogP contribution in [-0.4, -0.2) is 43.2 Å². The van der Waals surface area contributed by atoms with E-state index in [-0.39, 0.29) is 23.3 Å². The third kappa shape index (κ3) is 4.03. The summed E-state index contributed by atoms with van der Waals surface area (Å²) in [5.74, 6) is -0.276. The molecule has 4 rings (SSSR count). The molecular weight excluding hydrogens is 418 g/mol. The van der Waals surface area contributed by atoms with E-state index in [1.54, 1.807) is 6.92 Å². The zero-order chi connectivity index (χ0) is 22.3. The van der Waals surface area contributed by atoms with Crippen molar-refractivity contribution in [2.45, 2.75) is 50.7 Å². The molecule has 0 aliphatic carbocycles. The summed E-state index contributed by atoms with van der Waals surface area (Å²) in [4.78, 5) is 24.9. The summed E-state index contributed by atoms with van der Waals surface area (Å²) in [5, 5.41) is 5.54. The number of carbonyl (C=O) groups excluding carboxylic acids is 2. The number of rotatable bonds is 4. The molecule has 0 spiro atoms. The van der Waals surface area contributed by atoms with E-state index in [0.717, 1.165) is 11.1 Å². The van der Waals surface area contributed by atoms with E-state index in [4.69, 9.17) is 4.74 Å². The molecule has 9 heteroatoms. The van der Waals surface area contributed by atoms with Gasteiger partial charge in [0, 0.05) is 12.2 Å². The van der Waals surface area contributed by atoms with Crippen molar-refractivity contribution in [3.05, 3.63) is 47.5 Å². The molecule has 1 fully saturated rings. The predicted molar refractivity (Wildman–Crippen MR) is 117 cm³/mol. The van der Waals surface area contributed by atoms with Gasteiger partial charge < -0.3 is 15.4 Å². The summed E-state index contributed by atoms with van der Waals surface area (Å²) in [7, 11) is -3.94.